The first-order chi connectivity index (χ1) is 10.5. The van der Waals surface area contributed by atoms with Crippen molar-refractivity contribution >= 4 is 17.3 Å². The molecule has 0 unspecified atom stereocenters. The minimum atomic E-state index is -0.554. The third-order valence-corrected chi connectivity index (χ3v) is 2.85. The van der Waals surface area contributed by atoms with Gasteiger partial charge in [0.15, 0.2) is 6.61 Å². The number of anilines is 1. The molecule has 0 aromatic heterocycles. The molecule has 0 spiro atoms. The smallest absolute Gasteiger partial charge is 0.273 e. The van der Waals surface area contributed by atoms with Gasteiger partial charge >= 0.3 is 0 Å². The van der Waals surface area contributed by atoms with Crippen LogP contribution in [0.15, 0.2) is 42.5 Å². The first-order valence-electron chi connectivity index (χ1n) is 6.39. The molecule has 0 saturated carbocycles. The predicted octanol–water partition coefficient (Wildman–Crippen LogP) is 3.06. The molecule has 2 rings (SSSR count). The molecule has 0 saturated heterocycles. The van der Waals surface area contributed by atoms with E-state index in [-0.39, 0.29) is 18.0 Å². The van der Waals surface area contributed by atoms with Crippen molar-refractivity contribution < 1.29 is 18.8 Å². The average molecular weight is 304 g/mol. The van der Waals surface area contributed by atoms with Crippen molar-refractivity contribution in [2.45, 2.75) is 6.92 Å². The number of non-ortho nitro benzene ring substituents is 1. The molecule has 1 N–H and O–H groups in total. The van der Waals surface area contributed by atoms with Gasteiger partial charge in [-0.2, -0.15) is 0 Å². The lowest BCUT2D eigenvalue weighted by Gasteiger charge is -2.08. The molecule has 22 heavy (non-hydrogen) atoms. The van der Waals surface area contributed by atoms with Gasteiger partial charge in [0, 0.05) is 11.8 Å². The normalized spacial score (nSPS) is 10.1. The molecule has 2 aromatic rings. The van der Waals surface area contributed by atoms with E-state index in [1.165, 1.54) is 30.3 Å². The van der Waals surface area contributed by atoms with Crippen molar-refractivity contribution in [1.82, 2.24) is 0 Å². The molecule has 0 bridgehead atoms. The molecule has 0 fully saturated rings. The van der Waals surface area contributed by atoms with E-state index in [4.69, 9.17) is 4.74 Å². The van der Waals surface area contributed by atoms with Crippen molar-refractivity contribution in [3.8, 4) is 5.75 Å². The maximum Gasteiger partial charge on any atom is 0.273 e. The van der Waals surface area contributed by atoms with Crippen molar-refractivity contribution in [3.05, 3.63) is 64.0 Å². The number of hydrogen-bond acceptors (Lipinski definition) is 4. The fourth-order valence-electron chi connectivity index (χ4n) is 1.70. The van der Waals surface area contributed by atoms with E-state index in [9.17, 15) is 19.3 Å². The first kappa shape index (κ1) is 15.4. The molecule has 0 aliphatic heterocycles. The maximum absolute atomic E-state index is 13.4. The summed E-state index contributed by atoms with van der Waals surface area (Å²) in [6, 6.07) is 9.84. The largest absolute Gasteiger partial charge is 0.484 e. The van der Waals surface area contributed by atoms with Crippen LogP contribution in [0.4, 0.5) is 15.8 Å². The minimum absolute atomic E-state index is 0.126. The Morgan fingerprint density at radius 3 is 2.77 bits per heavy atom. The zero-order chi connectivity index (χ0) is 16.1. The van der Waals surface area contributed by atoms with Gasteiger partial charge in [-0.25, -0.2) is 4.39 Å². The second-order valence-corrected chi connectivity index (χ2v) is 4.56. The van der Waals surface area contributed by atoms with Crippen LogP contribution in [0.5, 0.6) is 5.75 Å². The van der Waals surface area contributed by atoms with Gasteiger partial charge in [-0.3, -0.25) is 14.9 Å². The summed E-state index contributed by atoms with van der Waals surface area (Å²) in [5, 5.41) is 13.1. The lowest BCUT2D eigenvalue weighted by molar-refractivity contribution is -0.384. The Morgan fingerprint density at radius 1 is 1.32 bits per heavy atom. The van der Waals surface area contributed by atoms with E-state index in [0.717, 1.165) is 0 Å². The highest BCUT2D eigenvalue weighted by molar-refractivity contribution is 5.91. The van der Waals surface area contributed by atoms with Crippen molar-refractivity contribution in [3.63, 3.8) is 0 Å². The van der Waals surface area contributed by atoms with Gasteiger partial charge < -0.3 is 10.1 Å². The molecular weight excluding hydrogens is 291 g/mol. The molecule has 0 atom stereocenters. The molecule has 114 valence electrons. The summed E-state index contributed by atoms with van der Waals surface area (Å²) in [4.78, 5) is 21.8. The van der Waals surface area contributed by atoms with Crippen LogP contribution in [-0.4, -0.2) is 17.4 Å². The second kappa shape index (κ2) is 6.66. The standard InChI is InChI=1S/C15H13FN2O4/c1-10-5-6-11(7-14(10)16)17-15(19)9-22-13-4-2-3-12(8-13)18(20)21/h2-8H,9H2,1H3,(H,17,19). The number of nitro benzene ring substituents is 1. The molecule has 0 radical (unpaired) electrons. The van der Waals surface area contributed by atoms with Crippen LogP contribution in [0, 0.1) is 22.9 Å². The molecule has 0 aliphatic rings. The maximum atomic E-state index is 13.4. The van der Waals surface area contributed by atoms with Gasteiger partial charge in [-0.05, 0) is 30.7 Å². The van der Waals surface area contributed by atoms with Gasteiger partial charge in [0.2, 0.25) is 0 Å². The van der Waals surface area contributed by atoms with E-state index in [2.05, 4.69) is 5.32 Å². The number of aryl methyl sites for hydroxylation is 1. The molecule has 2 aromatic carbocycles. The Balaban J connectivity index is 1.94. The molecule has 1 amide bonds. The lowest BCUT2D eigenvalue weighted by atomic mass is 10.2. The number of ether oxygens (including phenoxy) is 1. The van der Waals surface area contributed by atoms with Crippen LogP contribution in [0.25, 0.3) is 0 Å². The number of benzene rings is 2. The van der Waals surface area contributed by atoms with Crippen molar-refractivity contribution in [2.75, 3.05) is 11.9 Å². The Morgan fingerprint density at radius 2 is 2.09 bits per heavy atom. The number of nitrogens with one attached hydrogen (secondary N) is 1. The molecule has 0 heterocycles. The fraction of sp³-hybridized carbons (Fsp3) is 0.133. The third kappa shape index (κ3) is 4.02. The SMILES string of the molecule is Cc1ccc(NC(=O)COc2cccc([N+](=O)[O-])c2)cc1F. The van der Waals surface area contributed by atoms with Gasteiger partial charge in [0.25, 0.3) is 11.6 Å². The molecule has 0 aliphatic carbocycles. The third-order valence-electron chi connectivity index (χ3n) is 2.85. The number of amides is 1. The Kier molecular flexibility index (Phi) is 4.67. The molecular formula is C15H13FN2O4. The summed E-state index contributed by atoms with van der Waals surface area (Å²) in [7, 11) is 0. The van der Waals surface area contributed by atoms with Crippen LogP contribution >= 0.6 is 0 Å². The summed E-state index contributed by atoms with van der Waals surface area (Å²) >= 11 is 0. The highest BCUT2D eigenvalue weighted by atomic mass is 19.1. The first-order valence-corrected chi connectivity index (χ1v) is 6.39. The zero-order valence-electron chi connectivity index (χ0n) is 11.7. The van der Waals surface area contributed by atoms with Gasteiger partial charge in [0.05, 0.1) is 11.0 Å². The second-order valence-electron chi connectivity index (χ2n) is 4.56. The monoisotopic (exact) mass is 304 g/mol. The highest BCUT2D eigenvalue weighted by Gasteiger charge is 2.09. The summed E-state index contributed by atoms with van der Waals surface area (Å²) in [6.45, 7) is 1.28. The van der Waals surface area contributed by atoms with E-state index in [1.54, 1.807) is 19.1 Å². The lowest BCUT2D eigenvalue weighted by Crippen LogP contribution is -2.20. The summed E-state index contributed by atoms with van der Waals surface area (Å²) in [5.74, 6) is -0.702. The average Bonchev–Trinajstić information content (AvgIpc) is 2.49. The number of hydrogen-bond donors (Lipinski definition) is 1. The quantitative estimate of drug-likeness (QED) is 0.680. The topological polar surface area (TPSA) is 81.5 Å². The molecule has 6 nitrogen and oxygen atoms in total. The number of carbonyl (C=O) groups is 1. The van der Waals surface area contributed by atoms with E-state index >= 15 is 0 Å². The van der Waals surface area contributed by atoms with Crippen molar-refractivity contribution in [1.29, 1.82) is 0 Å². The van der Waals surface area contributed by atoms with Crippen LogP contribution in [0.2, 0.25) is 0 Å². The summed E-state index contributed by atoms with van der Waals surface area (Å²) < 4.78 is 18.5. The Bertz CT molecular complexity index is 718. The highest BCUT2D eigenvalue weighted by Crippen LogP contribution is 2.19. The van der Waals surface area contributed by atoms with Crippen LogP contribution in [-0.2, 0) is 4.79 Å². The predicted molar refractivity (Wildman–Crippen MR) is 78.4 cm³/mol. The Labute approximate surface area is 125 Å². The van der Waals surface area contributed by atoms with Crippen LogP contribution in [0.3, 0.4) is 0 Å². The number of halogens is 1. The van der Waals surface area contributed by atoms with E-state index in [0.29, 0.717) is 11.3 Å². The summed E-state index contributed by atoms with van der Waals surface area (Å²) in [6.07, 6.45) is 0. The van der Waals surface area contributed by atoms with Gasteiger partial charge in [-0.1, -0.05) is 12.1 Å². The van der Waals surface area contributed by atoms with Crippen molar-refractivity contribution in [2.24, 2.45) is 0 Å². The summed E-state index contributed by atoms with van der Waals surface area (Å²) in [5.41, 5.74) is 0.667. The number of carbonyl (C=O) groups excluding carboxylic acids is 1. The van der Waals surface area contributed by atoms with Gasteiger partial charge in [-0.15, -0.1) is 0 Å². The zero-order valence-corrected chi connectivity index (χ0v) is 11.7. The molecule has 7 heteroatoms. The number of nitrogens with zero attached hydrogens (tertiary/aromatic N) is 1. The van der Waals surface area contributed by atoms with Crippen LogP contribution < -0.4 is 10.1 Å². The Hall–Kier alpha value is -2.96. The number of rotatable bonds is 5. The minimum Gasteiger partial charge on any atom is -0.484 e. The van der Waals surface area contributed by atoms with E-state index < -0.39 is 16.6 Å². The fourth-order valence-corrected chi connectivity index (χ4v) is 1.70. The van der Waals surface area contributed by atoms with Gasteiger partial charge in [0.1, 0.15) is 11.6 Å². The van der Waals surface area contributed by atoms with E-state index in [1.807, 2.05) is 0 Å². The van der Waals surface area contributed by atoms with Crippen LogP contribution in [0.1, 0.15) is 5.56 Å². The number of nitro groups is 1.